The van der Waals surface area contributed by atoms with Crippen LogP contribution in [0.25, 0.3) is 0 Å². The molecule has 1 aliphatic heterocycles. The van der Waals surface area contributed by atoms with Gasteiger partial charge >= 0.3 is 12.1 Å². The number of hydrogen-bond acceptors (Lipinski definition) is 10. The molecule has 0 aliphatic carbocycles. The van der Waals surface area contributed by atoms with Crippen LogP contribution in [-0.2, 0) is 4.79 Å². The molecule has 34 heavy (non-hydrogen) atoms. The lowest BCUT2D eigenvalue weighted by Gasteiger charge is -2.06. The lowest BCUT2D eigenvalue weighted by atomic mass is 10.3. The van der Waals surface area contributed by atoms with Crippen molar-refractivity contribution in [2.24, 2.45) is 4.99 Å². The summed E-state index contributed by atoms with van der Waals surface area (Å²) in [5, 5.41) is 23.1. The number of ether oxygens (including phenoxy) is 2. The minimum absolute atomic E-state index is 0.0203. The molecule has 1 aliphatic rings. The Morgan fingerprint density at radius 3 is 2.68 bits per heavy atom. The van der Waals surface area contributed by atoms with Gasteiger partial charge in [0, 0.05) is 26.7 Å². The molecule has 0 unspecified atom stereocenters. The number of rotatable bonds is 10. The number of nitrogens with one attached hydrogen (secondary N) is 4. The first-order valence-electron chi connectivity index (χ1n) is 10.5. The molecule has 2 heterocycles. The third-order valence-electron chi connectivity index (χ3n) is 4.03. The smallest absolute Gasteiger partial charge is 0.412 e. The fourth-order valence-electron chi connectivity index (χ4n) is 2.42. The summed E-state index contributed by atoms with van der Waals surface area (Å²) in [6, 6.07) is 10.3. The molecule has 0 radical (unpaired) electrons. The Morgan fingerprint density at radius 1 is 1.21 bits per heavy atom. The third-order valence-corrected chi connectivity index (χ3v) is 4.03. The Labute approximate surface area is 195 Å². The van der Waals surface area contributed by atoms with Crippen molar-refractivity contribution in [2.45, 2.75) is 12.8 Å². The molecule has 2 amide bonds. The summed E-state index contributed by atoms with van der Waals surface area (Å²) in [4.78, 5) is 36.8. The second kappa shape index (κ2) is 14.7. The van der Waals surface area contributed by atoms with Gasteiger partial charge in [-0.15, -0.1) is 0 Å². The van der Waals surface area contributed by atoms with Crippen molar-refractivity contribution in [3.8, 4) is 11.6 Å². The van der Waals surface area contributed by atoms with Crippen molar-refractivity contribution >= 4 is 23.9 Å². The van der Waals surface area contributed by atoms with Gasteiger partial charge in [-0.2, -0.15) is 0 Å². The summed E-state index contributed by atoms with van der Waals surface area (Å²) >= 11 is 0. The Morgan fingerprint density at radius 2 is 2.00 bits per heavy atom. The van der Waals surface area contributed by atoms with Gasteiger partial charge in [-0.3, -0.25) is 14.6 Å². The molecule has 0 atom stereocenters. The van der Waals surface area contributed by atoms with E-state index < -0.39 is 18.0 Å². The summed E-state index contributed by atoms with van der Waals surface area (Å²) in [7, 11) is 1.52. The zero-order valence-electron chi connectivity index (χ0n) is 18.7. The summed E-state index contributed by atoms with van der Waals surface area (Å²) in [6.45, 7) is 2.78. The van der Waals surface area contributed by atoms with Crippen LogP contribution in [0.1, 0.15) is 23.4 Å². The molecule has 13 nitrogen and oxygen atoms in total. The van der Waals surface area contributed by atoms with E-state index in [9.17, 15) is 14.4 Å². The van der Waals surface area contributed by atoms with Gasteiger partial charge in [-0.1, -0.05) is 18.2 Å². The van der Waals surface area contributed by atoms with Crippen LogP contribution in [0.4, 0.5) is 4.79 Å². The first-order valence-corrected chi connectivity index (χ1v) is 10.5. The number of aliphatic carboxylic acids is 1. The minimum Gasteiger partial charge on any atom is -0.481 e. The second-order valence-electron chi connectivity index (χ2n) is 6.67. The summed E-state index contributed by atoms with van der Waals surface area (Å²) in [6.07, 6.45) is 0.126. The maximum atomic E-state index is 11.6. The van der Waals surface area contributed by atoms with E-state index in [-0.39, 0.29) is 24.6 Å². The van der Waals surface area contributed by atoms with E-state index >= 15 is 0 Å². The molecule has 5 N–H and O–H groups in total. The molecular weight excluding hydrogens is 448 g/mol. The number of guanidine groups is 1. The zero-order valence-corrected chi connectivity index (χ0v) is 18.7. The van der Waals surface area contributed by atoms with Crippen molar-refractivity contribution in [3.05, 3.63) is 42.2 Å². The average molecular weight is 476 g/mol. The molecule has 0 saturated heterocycles. The molecule has 0 saturated carbocycles. The standard InChI is InChI=1S/C13H19N5O5.C8H9NO2/c19-11(20)2-4-14-12(21)9-8-10(18-23-9)22-7-1-3-15-13-16-5-6-17-13;1-9-8(10)11-7-5-3-2-4-6-7/h8H,1-7H2,(H,14,21)(H,19,20)(H2,15,16,17);2-6H,1H3,(H,9,10). The first-order chi connectivity index (χ1) is 16.5. The Hall–Kier alpha value is -4.29. The molecule has 3 rings (SSSR count). The second-order valence-corrected chi connectivity index (χ2v) is 6.67. The Bertz CT molecular complexity index is 948. The van der Waals surface area contributed by atoms with Gasteiger partial charge in [0.1, 0.15) is 5.75 Å². The van der Waals surface area contributed by atoms with Crippen LogP contribution in [0.2, 0.25) is 0 Å². The van der Waals surface area contributed by atoms with E-state index in [4.69, 9.17) is 19.1 Å². The van der Waals surface area contributed by atoms with Gasteiger partial charge in [0.05, 0.1) is 25.6 Å². The number of carbonyl (C=O) groups is 3. The molecular formula is C21H28N6O7. The van der Waals surface area contributed by atoms with Crippen molar-refractivity contribution in [1.82, 2.24) is 26.4 Å². The predicted octanol–water partition coefficient (Wildman–Crippen LogP) is 0.602. The van der Waals surface area contributed by atoms with Crippen molar-refractivity contribution < 1.29 is 33.5 Å². The Kier molecular flexibility index (Phi) is 11.2. The maximum Gasteiger partial charge on any atom is 0.412 e. The molecule has 0 spiro atoms. The molecule has 2 aromatic rings. The number of carboxylic acids is 1. The fourth-order valence-corrected chi connectivity index (χ4v) is 2.42. The van der Waals surface area contributed by atoms with Crippen LogP contribution in [-0.4, -0.2) is 74.0 Å². The number of carbonyl (C=O) groups excluding carboxylic acids is 2. The van der Waals surface area contributed by atoms with Gasteiger partial charge in [-0.05, 0) is 23.7 Å². The first kappa shape index (κ1) is 26.0. The fraction of sp³-hybridized carbons (Fsp3) is 0.381. The van der Waals surface area contributed by atoms with E-state index in [0.29, 0.717) is 18.9 Å². The monoisotopic (exact) mass is 476 g/mol. The van der Waals surface area contributed by atoms with Crippen LogP contribution in [0.5, 0.6) is 11.6 Å². The van der Waals surface area contributed by atoms with Crippen LogP contribution < -0.4 is 30.7 Å². The van der Waals surface area contributed by atoms with Crippen molar-refractivity contribution in [3.63, 3.8) is 0 Å². The van der Waals surface area contributed by atoms with Gasteiger partial charge in [0.25, 0.3) is 11.8 Å². The number of carboxylic acid groups (broad SMARTS) is 1. The minimum atomic E-state index is -0.987. The highest BCUT2D eigenvalue weighted by Gasteiger charge is 2.13. The number of aliphatic imine (C=N–C) groups is 1. The number of para-hydroxylation sites is 1. The van der Waals surface area contributed by atoms with Crippen LogP contribution in [0.15, 0.2) is 45.9 Å². The third kappa shape index (κ3) is 10.3. The summed E-state index contributed by atoms with van der Waals surface area (Å²) in [5.41, 5.74) is 0. The summed E-state index contributed by atoms with van der Waals surface area (Å²) in [5.74, 6) is 0.0243. The highest BCUT2D eigenvalue weighted by molar-refractivity contribution is 5.91. The lowest BCUT2D eigenvalue weighted by Crippen LogP contribution is -2.34. The number of benzene rings is 1. The maximum absolute atomic E-state index is 11.6. The van der Waals surface area contributed by atoms with Gasteiger partial charge in [0.15, 0.2) is 5.96 Å². The van der Waals surface area contributed by atoms with Crippen molar-refractivity contribution in [1.29, 1.82) is 0 Å². The highest BCUT2D eigenvalue weighted by Crippen LogP contribution is 2.11. The van der Waals surface area contributed by atoms with Crippen LogP contribution >= 0.6 is 0 Å². The van der Waals surface area contributed by atoms with E-state index in [1.54, 1.807) is 24.3 Å². The topological polar surface area (TPSA) is 176 Å². The SMILES string of the molecule is CNC(=O)Oc1ccccc1.O=C(O)CCNC(=O)c1cc(OCCCNC2=NCCN2)no1. The van der Waals surface area contributed by atoms with E-state index in [1.807, 2.05) is 6.07 Å². The van der Waals surface area contributed by atoms with E-state index in [1.165, 1.54) is 13.1 Å². The molecule has 0 fully saturated rings. The van der Waals surface area contributed by atoms with Gasteiger partial charge < -0.3 is 40.4 Å². The molecule has 184 valence electrons. The number of nitrogens with zero attached hydrogens (tertiary/aromatic N) is 2. The zero-order chi connectivity index (χ0) is 24.6. The molecule has 0 bridgehead atoms. The molecule has 13 heteroatoms. The lowest BCUT2D eigenvalue weighted by molar-refractivity contribution is -0.136. The van der Waals surface area contributed by atoms with Crippen molar-refractivity contribution in [2.75, 3.05) is 39.8 Å². The summed E-state index contributed by atoms with van der Waals surface area (Å²) < 4.78 is 15.0. The quantitative estimate of drug-likeness (QED) is 0.305. The Balaban J connectivity index is 0.000000310. The normalized spacial score (nSPS) is 11.7. The van der Waals surface area contributed by atoms with E-state index in [0.717, 1.165) is 25.5 Å². The van der Waals surface area contributed by atoms with Crippen LogP contribution in [0.3, 0.4) is 0 Å². The molecule has 1 aromatic carbocycles. The largest absolute Gasteiger partial charge is 0.481 e. The van der Waals surface area contributed by atoms with Gasteiger partial charge in [0.2, 0.25) is 5.76 Å². The van der Waals surface area contributed by atoms with Crippen LogP contribution in [0, 0.1) is 0 Å². The van der Waals surface area contributed by atoms with E-state index in [2.05, 4.69) is 31.4 Å². The number of hydrogen-bond donors (Lipinski definition) is 5. The molecule has 1 aromatic heterocycles. The number of aromatic nitrogens is 1. The van der Waals surface area contributed by atoms with Gasteiger partial charge in [-0.25, -0.2) is 4.79 Å². The highest BCUT2D eigenvalue weighted by atomic mass is 16.6. The number of amides is 2. The average Bonchev–Trinajstić information content (AvgIpc) is 3.52. The predicted molar refractivity (Wildman–Crippen MR) is 121 cm³/mol.